The number of aromatic amines is 1. The molecule has 0 radical (unpaired) electrons. The number of carboxylic acid groups (broad SMARTS) is 1. The smallest absolute Gasteiger partial charge is 0.354 e. The quantitative estimate of drug-likeness (QED) is 0.689. The molecule has 0 bridgehead atoms. The maximum absolute atomic E-state index is 12.1. The van der Waals surface area contributed by atoms with Crippen molar-refractivity contribution in [3.63, 3.8) is 0 Å². The Morgan fingerprint density at radius 1 is 1.20 bits per heavy atom. The first kappa shape index (κ1) is 13.7. The van der Waals surface area contributed by atoms with Gasteiger partial charge in [-0.25, -0.2) is 4.79 Å². The van der Waals surface area contributed by atoms with Gasteiger partial charge in [0.05, 0.1) is 11.3 Å². The van der Waals surface area contributed by atoms with E-state index in [1.54, 1.807) is 19.9 Å². The van der Waals surface area contributed by atoms with E-state index < -0.39 is 11.9 Å². The number of aromatic nitrogens is 1. The van der Waals surface area contributed by atoms with Crippen LogP contribution >= 0.6 is 0 Å². The maximum Gasteiger partial charge on any atom is 0.354 e. The average Bonchev–Trinajstić information content (AvgIpc) is 2.70. The monoisotopic (exact) mass is 274 g/mol. The van der Waals surface area contributed by atoms with Crippen LogP contribution in [0.5, 0.6) is 5.75 Å². The molecule has 1 aromatic heterocycles. The van der Waals surface area contributed by atoms with Crippen LogP contribution in [0, 0.1) is 13.8 Å². The van der Waals surface area contributed by atoms with Gasteiger partial charge in [-0.15, -0.1) is 0 Å². The third-order valence-corrected chi connectivity index (χ3v) is 2.81. The molecule has 2 aromatic rings. The summed E-state index contributed by atoms with van der Waals surface area (Å²) in [7, 11) is 0. The van der Waals surface area contributed by atoms with E-state index in [-0.39, 0.29) is 22.7 Å². The lowest BCUT2D eigenvalue weighted by molar-refractivity contribution is 0.0692. The van der Waals surface area contributed by atoms with Crippen LogP contribution in [0.3, 0.4) is 0 Å². The topological polar surface area (TPSA) is 102 Å². The Bertz CT molecular complexity index is 688. The van der Waals surface area contributed by atoms with Crippen molar-refractivity contribution < 1.29 is 19.8 Å². The SMILES string of the molecule is Cc1ccc(C(=O)Nc2cc(C)[nH]c2C(=O)O)c(O)c1. The molecule has 0 fully saturated rings. The van der Waals surface area contributed by atoms with E-state index in [0.29, 0.717) is 5.69 Å². The summed E-state index contributed by atoms with van der Waals surface area (Å²) in [6.07, 6.45) is 0. The lowest BCUT2D eigenvalue weighted by Crippen LogP contribution is -2.14. The fourth-order valence-corrected chi connectivity index (χ4v) is 1.88. The molecule has 1 heterocycles. The molecule has 0 aliphatic carbocycles. The number of H-pyrrole nitrogens is 1. The van der Waals surface area contributed by atoms with Gasteiger partial charge in [0.1, 0.15) is 11.4 Å². The van der Waals surface area contributed by atoms with Crippen LogP contribution in [0.25, 0.3) is 0 Å². The summed E-state index contributed by atoms with van der Waals surface area (Å²) in [6.45, 7) is 3.48. The van der Waals surface area contributed by atoms with Gasteiger partial charge in [-0.2, -0.15) is 0 Å². The van der Waals surface area contributed by atoms with Gasteiger partial charge >= 0.3 is 5.97 Å². The van der Waals surface area contributed by atoms with Crippen molar-refractivity contribution in [3.8, 4) is 5.75 Å². The Morgan fingerprint density at radius 3 is 2.50 bits per heavy atom. The fourth-order valence-electron chi connectivity index (χ4n) is 1.88. The summed E-state index contributed by atoms with van der Waals surface area (Å²) in [5.41, 5.74) is 1.60. The molecule has 4 N–H and O–H groups in total. The van der Waals surface area contributed by atoms with Crippen LogP contribution in [0.1, 0.15) is 32.1 Å². The van der Waals surface area contributed by atoms with E-state index in [1.807, 2.05) is 0 Å². The fraction of sp³-hybridized carbons (Fsp3) is 0.143. The maximum atomic E-state index is 12.1. The van der Waals surface area contributed by atoms with Gasteiger partial charge in [0.15, 0.2) is 0 Å². The zero-order chi connectivity index (χ0) is 14.9. The van der Waals surface area contributed by atoms with Crippen LogP contribution in [0.2, 0.25) is 0 Å². The van der Waals surface area contributed by atoms with Gasteiger partial charge in [-0.3, -0.25) is 4.79 Å². The number of amides is 1. The van der Waals surface area contributed by atoms with E-state index in [4.69, 9.17) is 5.11 Å². The van der Waals surface area contributed by atoms with E-state index in [2.05, 4.69) is 10.3 Å². The van der Waals surface area contributed by atoms with Crippen molar-refractivity contribution in [2.45, 2.75) is 13.8 Å². The molecule has 6 heteroatoms. The molecular weight excluding hydrogens is 260 g/mol. The van der Waals surface area contributed by atoms with Crippen molar-refractivity contribution in [2.75, 3.05) is 5.32 Å². The summed E-state index contributed by atoms with van der Waals surface area (Å²) >= 11 is 0. The van der Waals surface area contributed by atoms with Gasteiger partial charge in [0, 0.05) is 5.69 Å². The summed E-state index contributed by atoms with van der Waals surface area (Å²) < 4.78 is 0. The normalized spacial score (nSPS) is 10.3. The number of anilines is 1. The number of carboxylic acids is 1. The Balaban J connectivity index is 2.30. The minimum atomic E-state index is -1.17. The molecule has 0 aliphatic rings. The number of nitrogens with one attached hydrogen (secondary N) is 2. The van der Waals surface area contributed by atoms with Crippen LogP contribution in [-0.2, 0) is 0 Å². The van der Waals surface area contributed by atoms with Gasteiger partial charge < -0.3 is 20.5 Å². The second kappa shape index (κ2) is 5.08. The van der Waals surface area contributed by atoms with Gasteiger partial charge in [-0.1, -0.05) is 6.07 Å². The van der Waals surface area contributed by atoms with Crippen LogP contribution in [0.15, 0.2) is 24.3 Å². The Morgan fingerprint density at radius 2 is 1.90 bits per heavy atom. The number of hydrogen-bond acceptors (Lipinski definition) is 3. The van der Waals surface area contributed by atoms with Crippen molar-refractivity contribution in [1.82, 2.24) is 4.98 Å². The minimum absolute atomic E-state index is 0.0887. The number of carbonyl (C=O) groups is 2. The zero-order valence-electron chi connectivity index (χ0n) is 11.0. The molecular formula is C14H14N2O4. The Kier molecular flexibility index (Phi) is 3.47. The highest BCUT2D eigenvalue weighted by Crippen LogP contribution is 2.22. The molecule has 0 unspecified atom stereocenters. The molecule has 1 amide bonds. The van der Waals surface area contributed by atoms with Gasteiger partial charge in [0.2, 0.25) is 0 Å². The number of phenols is 1. The summed E-state index contributed by atoms with van der Waals surface area (Å²) in [6, 6.07) is 6.16. The molecule has 0 atom stereocenters. The van der Waals surface area contributed by atoms with E-state index in [1.165, 1.54) is 18.2 Å². The minimum Gasteiger partial charge on any atom is -0.507 e. The molecule has 0 saturated heterocycles. The molecule has 1 aromatic carbocycles. The number of benzene rings is 1. The number of carbonyl (C=O) groups excluding carboxylic acids is 1. The molecule has 0 saturated carbocycles. The Labute approximate surface area is 115 Å². The number of aromatic carboxylic acids is 1. The number of phenolic OH excluding ortho intramolecular Hbond substituents is 1. The summed E-state index contributed by atoms with van der Waals surface area (Å²) in [4.78, 5) is 25.7. The average molecular weight is 274 g/mol. The molecule has 104 valence electrons. The van der Waals surface area contributed by atoms with Crippen molar-refractivity contribution in [2.24, 2.45) is 0 Å². The lowest BCUT2D eigenvalue weighted by Gasteiger charge is -2.07. The highest BCUT2D eigenvalue weighted by atomic mass is 16.4. The van der Waals surface area contributed by atoms with E-state index in [0.717, 1.165) is 5.56 Å². The number of aryl methyl sites for hydroxylation is 2. The van der Waals surface area contributed by atoms with Crippen LogP contribution in [0.4, 0.5) is 5.69 Å². The van der Waals surface area contributed by atoms with Crippen LogP contribution < -0.4 is 5.32 Å². The molecule has 0 aliphatic heterocycles. The van der Waals surface area contributed by atoms with Crippen molar-refractivity contribution in [3.05, 3.63) is 46.8 Å². The molecule has 6 nitrogen and oxygen atoms in total. The number of hydrogen-bond donors (Lipinski definition) is 4. The number of aromatic hydroxyl groups is 1. The second-order valence-electron chi connectivity index (χ2n) is 4.52. The van der Waals surface area contributed by atoms with Crippen LogP contribution in [-0.4, -0.2) is 27.1 Å². The predicted molar refractivity (Wildman–Crippen MR) is 73.3 cm³/mol. The number of rotatable bonds is 3. The van der Waals surface area contributed by atoms with Gasteiger partial charge in [-0.05, 0) is 37.6 Å². The highest BCUT2D eigenvalue weighted by molar-refractivity contribution is 6.08. The van der Waals surface area contributed by atoms with Gasteiger partial charge in [0.25, 0.3) is 5.91 Å². The highest BCUT2D eigenvalue weighted by Gasteiger charge is 2.17. The largest absolute Gasteiger partial charge is 0.507 e. The molecule has 0 spiro atoms. The van der Waals surface area contributed by atoms with Crippen molar-refractivity contribution in [1.29, 1.82) is 0 Å². The lowest BCUT2D eigenvalue weighted by atomic mass is 10.1. The second-order valence-corrected chi connectivity index (χ2v) is 4.52. The summed E-state index contributed by atoms with van der Waals surface area (Å²) in [5, 5.41) is 21.2. The Hall–Kier alpha value is -2.76. The molecule has 20 heavy (non-hydrogen) atoms. The predicted octanol–water partition coefficient (Wildman–Crippen LogP) is 2.29. The third-order valence-electron chi connectivity index (χ3n) is 2.81. The molecule has 2 rings (SSSR count). The first-order valence-electron chi connectivity index (χ1n) is 5.92. The summed E-state index contributed by atoms with van der Waals surface area (Å²) in [5.74, 6) is -1.88. The standard InChI is InChI=1S/C14H14N2O4/c1-7-3-4-9(11(17)5-7)13(18)16-10-6-8(2)15-12(10)14(19)20/h3-6,15,17H,1-2H3,(H,16,18)(H,19,20). The van der Waals surface area contributed by atoms with E-state index in [9.17, 15) is 14.7 Å². The van der Waals surface area contributed by atoms with E-state index >= 15 is 0 Å². The first-order valence-corrected chi connectivity index (χ1v) is 5.92. The zero-order valence-corrected chi connectivity index (χ0v) is 11.0. The first-order chi connectivity index (χ1) is 9.38. The third kappa shape index (κ3) is 2.64. The van der Waals surface area contributed by atoms with Crippen molar-refractivity contribution >= 4 is 17.6 Å².